The fraction of sp³-hybridized carbons (Fsp3) is 0.333. The van der Waals surface area contributed by atoms with Gasteiger partial charge in [0.15, 0.2) is 5.84 Å². The maximum absolute atomic E-state index is 11.7. The Hall–Kier alpha value is -1.84. The average molecular weight is 218 g/mol. The van der Waals surface area contributed by atoms with Crippen molar-refractivity contribution in [3.63, 3.8) is 0 Å². The smallest absolute Gasteiger partial charge is 0.349 e. The lowest BCUT2D eigenvalue weighted by Gasteiger charge is -2.22. The third kappa shape index (κ3) is 1.56. The highest BCUT2D eigenvalue weighted by atomic mass is 16.7. The predicted molar refractivity (Wildman–Crippen MR) is 60.6 cm³/mol. The molecule has 0 fully saturated rings. The van der Waals surface area contributed by atoms with Gasteiger partial charge in [0.1, 0.15) is 5.41 Å². The van der Waals surface area contributed by atoms with Crippen LogP contribution in [0.5, 0.6) is 0 Å². The first-order valence-corrected chi connectivity index (χ1v) is 5.28. The van der Waals surface area contributed by atoms with Gasteiger partial charge in [0, 0.05) is 0 Å². The van der Waals surface area contributed by atoms with Crippen LogP contribution in [-0.4, -0.2) is 11.8 Å². The van der Waals surface area contributed by atoms with Gasteiger partial charge in [-0.05, 0) is 18.4 Å². The zero-order valence-electron chi connectivity index (χ0n) is 9.14. The van der Waals surface area contributed by atoms with Crippen LogP contribution in [0.2, 0.25) is 0 Å². The molecular weight excluding hydrogens is 204 g/mol. The van der Waals surface area contributed by atoms with Gasteiger partial charge in [-0.1, -0.05) is 42.4 Å². The number of carbonyl (C=O) groups excluding carboxylic acids is 1. The molecule has 1 heterocycles. The molecule has 84 valence electrons. The second-order valence-electron chi connectivity index (χ2n) is 3.95. The van der Waals surface area contributed by atoms with Crippen LogP contribution in [0.15, 0.2) is 35.5 Å². The Morgan fingerprint density at radius 1 is 1.38 bits per heavy atom. The first kappa shape index (κ1) is 10.7. The molecule has 16 heavy (non-hydrogen) atoms. The molecule has 0 amide bonds. The number of carbonyl (C=O) groups is 1. The highest BCUT2D eigenvalue weighted by Crippen LogP contribution is 2.33. The predicted octanol–water partition coefficient (Wildman–Crippen LogP) is 1.45. The number of nitrogens with two attached hydrogens (primary N) is 1. The number of oxime groups is 1. The minimum atomic E-state index is -0.776. The van der Waals surface area contributed by atoms with E-state index in [2.05, 4.69) is 9.99 Å². The number of nitrogens with zero attached hydrogens (tertiary/aromatic N) is 1. The number of benzene rings is 1. The van der Waals surface area contributed by atoms with E-state index in [1.165, 1.54) is 0 Å². The van der Waals surface area contributed by atoms with Crippen molar-refractivity contribution in [1.82, 2.24) is 0 Å². The number of hydrogen-bond acceptors (Lipinski definition) is 4. The van der Waals surface area contributed by atoms with Gasteiger partial charge in [-0.15, -0.1) is 0 Å². The van der Waals surface area contributed by atoms with Crippen molar-refractivity contribution in [2.45, 2.75) is 19.8 Å². The minimum Gasteiger partial charge on any atom is -0.383 e. The lowest BCUT2D eigenvalue weighted by molar-refractivity contribution is -0.148. The zero-order valence-corrected chi connectivity index (χ0v) is 9.14. The molecule has 0 saturated carbocycles. The van der Waals surface area contributed by atoms with Gasteiger partial charge in [0.05, 0.1) is 0 Å². The molecule has 0 spiro atoms. The van der Waals surface area contributed by atoms with E-state index in [9.17, 15) is 4.79 Å². The Kier molecular flexibility index (Phi) is 2.64. The maximum atomic E-state index is 11.7. The van der Waals surface area contributed by atoms with Crippen molar-refractivity contribution in [2.24, 2.45) is 16.3 Å². The molecule has 0 saturated heterocycles. The third-order valence-electron chi connectivity index (χ3n) is 3.06. The SMILES string of the molecule is CCC1(Cc2ccccc2)C(=O)ON=C1N. The van der Waals surface area contributed by atoms with Gasteiger partial charge in [0.2, 0.25) is 0 Å². The van der Waals surface area contributed by atoms with E-state index in [1.54, 1.807) is 0 Å². The van der Waals surface area contributed by atoms with Crippen molar-refractivity contribution in [3.8, 4) is 0 Å². The molecule has 1 atom stereocenters. The molecule has 0 radical (unpaired) electrons. The summed E-state index contributed by atoms with van der Waals surface area (Å²) in [6, 6.07) is 9.75. The number of amidine groups is 1. The van der Waals surface area contributed by atoms with Crippen LogP contribution in [0.3, 0.4) is 0 Å². The maximum Gasteiger partial charge on any atom is 0.349 e. The lowest BCUT2D eigenvalue weighted by Crippen LogP contribution is -2.41. The van der Waals surface area contributed by atoms with Crippen LogP contribution >= 0.6 is 0 Å². The second-order valence-corrected chi connectivity index (χ2v) is 3.95. The first-order valence-electron chi connectivity index (χ1n) is 5.28. The molecule has 0 bridgehead atoms. The van der Waals surface area contributed by atoms with E-state index in [1.807, 2.05) is 37.3 Å². The van der Waals surface area contributed by atoms with Crippen LogP contribution in [0, 0.1) is 5.41 Å². The van der Waals surface area contributed by atoms with Crippen LogP contribution < -0.4 is 5.73 Å². The van der Waals surface area contributed by atoms with E-state index in [-0.39, 0.29) is 11.8 Å². The second kappa shape index (κ2) is 3.96. The molecule has 2 N–H and O–H groups in total. The van der Waals surface area contributed by atoms with Gasteiger partial charge in [-0.2, -0.15) is 0 Å². The van der Waals surface area contributed by atoms with Gasteiger partial charge < -0.3 is 10.6 Å². The summed E-state index contributed by atoms with van der Waals surface area (Å²) in [5.41, 5.74) is 6.05. The van der Waals surface area contributed by atoms with Crippen LogP contribution in [0.1, 0.15) is 18.9 Å². The van der Waals surface area contributed by atoms with E-state index >= 15 is 0 Å². The molecule has 4 heteroatoms. The Bertz CT molecular complexity index is 428. The first-order chi connectivity index (χ1) is 7.69. The molecular formula is C12H14N2O2. The van der Waals surface area contributed by atoms with Crippen molar-refractivity contribution in [2.75, 3.05) is 0 Å². The summed E-state index contributed by atoms with van der Waals surface area (Å²) < 4.78 is 0. The molecule has 1 aliphatic rings. The molecule has 1 unspecified atom stereocenters. The molecule has 1 aromatic rings. The molecule has 1 aliphatic heterocycles. The van der Waals surface area contributed by atoms with Crippen molar-refractivity contribution >= 4 is 11.8 Å². The lowest BCUT2D eigenvalue weighted by atomic mass is 9.78. The van der Waals surface area contributed by atoms with E-state index in [0.717, 1.165) is 5.56 Å². The highest BCUT2D eigenvalue weighted by Gasteiger charge is 2.47. The van der Waals surface area contributed by atoms with Crippen LogP contribution in [0.25, 0.3) is 0 Å². The van der Waals surface area contributed by atoms with Gasteiger partial charge in [-0.25, -0.2) is 4.79 Å². The summed E-state index contributed by atoms with van der Waals surface area (Å²) in [5, 5.41) is 3.58. The van der Waals surface area contributed by atoms with E-state index < -0.39 is 5.41 Å². The van der Waals surface area contributed by atoms with Crippen LogP contribution in [0.4, 0.5) is 0 Å². The fourth-order valence-corrected chi connectivity index (χ4v) is 1.93. The summed E-state index contributed by atoms with van der Waals surface area (Å²) in [5.74, 6) is -0.0693. The Morgan fingerprint density at radius 2 is 2.06 bits per heavy atom. The Balaban J connectivity index is 2.30. The average Bonchev–Trinajstić information content (AvgIpc) is 2.59. The normalized spacial score (nSPS) is 24.1. The third-order valence-corrected chi connectivity index (χ3v) is 3.06. The molecule has 0 aromatic heterocycles. The largest absolute Gasteiger partial charge is 0.383 e. The Morgan fingerprint density at radius 3 is 2.56 bits per heavy atom. The summed E-state index contributed by atoms with van der Waals surface area (Å²) in [6.07, 6.45) is 1.13. The number of hydrogen-bond donors (Lipinski definition) is 1. The van der Waals surface area contributed by atoms with Crippen LogP contribution in [-0.2, 0) is 16.1 Å². The van der Waals surface area contributed by atoms with E-state index in [0.29, 0.717) is 12.8 Å². The van der Waals surface area contributed by atoms with Gasteiger partial charge in [-0.3, -0.25) is 0 Å². The fourth-order valence-electron chi connectivity index (χ4n) is 1.93. The van der Waals surface area contributed by atoms with Crippen molar-refractivity contribution < 1.29 is 9.63 Å². The molecule has 2 rings (SSSR count). The summed E-state index contributed by atoms with van der Waals surface area (Å²) in [6.45, 7) is 1.91. The van der Waals surface area contributed by atoms with Gasteiger partial charge >= 0.3 is 5.97 Å². The molecule has 4 nitrogen and oxygen atoms in total. The van der Waals surface area contributed by atoms with Crippen molar-refractivity contribution in [1.29, 1.82) is 0 Å². The standard InChI is InChI=1S/C12H14N2O2/c1-2-12(10(13)14-16-11(12)15)8-9-6-4-3-5-7-9/h3-7H,2,8H2,1H3,(H2,13,14). The summed E-state index contributed by atoms with van der Waals surface area (Å²) in [7, 11) is 0. The molecule has 1 aromatic carbocycles. The Labute approximate surface area is 94.1 Å². The minimum absolute atomic E-state index is 0.281. The monoisotopic (exact) mass is 218 g/mol. The topological polar surface area (TPSA) is 64.7 Å². The summed E-state index contributed by atoms with van der Waals surface area (Å²) in [4.78, 5) is 16.4. The highest BCUT2D eigenvalue weighted by molar-refractivity contribution is 6.07. The van der Waals surface area contributed by atoms with Gasteiger partial charge in [0.25, 0.3) is 0 Å². The molecule has 0 aliphatic carbocycles. The van der Waals surface area contributed by atoms with E-state index in [4.69, 9.17) is 5.73 Å². The number of rotatable bonds is 3. The quantitative estimate of drug-likeness (QED) is 0.781. The van der Waals surface area contributed by atoms with Crippen molar-refractivity contribution in [3.05, 3.63) is 35.9 Å². The zero-order chi connectivity index (χ0) is 11.6. The summed E-state index contributed by atoms with van der Waals surface area (Å²) >= 11 is 0.